The number of hydrogen-bond acceptors (Lipinski definition) is 6. The SMILES string of the molecule is CO/N=C1\CCOc2cccc(C(=O)c3ccc(C(=O)OC)cc3)c21. The van der Waals surface area contributed by atoms with Gasteiger partial charge in [-0.2, -0.15) is 0 Å². The zero-order valence-corrected chi connectivity index (χ0v) is 13.9. The summed E-state index contributed by atoms with van der Waals surface area (Å²) in [4.78, 5) is 29.4. The minimum absolute atomic E-state index is 0.178. The highest BCUT2D eigenvalue weighted by atomic mass is 16.6. The van der Waals surface area contributed by atoms with Gasteiger partial charge in [0.1, 0.15) is 12.9 Å². The number of oxime groups is 1. The average molecular weight is 339 g/mol. The summed E-state index contributed by atoms with van der Waals surface area (Å²) < 4.78 is 10.3. The third-order valence-corrected chi connectivity index (χ3v) is 3.93. The quantitative estimate of drug-likeness (QED) is 0.486. The molecule has 1 aliphatic heterocycles. The van der Waals surface area contributed by atoms with Crippen LogP contribution in [0.4, 0.5) is 0 Å². The van der Waals surface area contributed by atoms with Gasteiger partial charge in [0.2, 0.25) is 0 Å². The predicted octanol–water partition coefficient (Wildman–Crippen LogP) is 2.84. The van der Waals surface area contributed by atoms with Crippen molar-refractivity contribution in [2.45, 2.75) is 6.42 Å². The zero-order chi connectivity index (χ0) is 17.8. The first kappa shape index (κ1) is 16.7. The molecule has 0 saturated carbocycles. The molecule has 1 aliphatic rings. The second-order valence-corrected chi connectivity index (χ2v) is 5.40. The predicted molar refractivity (Wildman–Crippen MR) is 91.3 cm³/mol. The number of fused-ring (bicyclic) bond motifs is 1. The maximum atomic E-state index is 13.0. The molecule has 3 rings (SSSR count). The highest BCUT2D eigenvalue weighted by molar-refractivity contribution is 6.18. The monoisotopic (exact) mass is 339 g/mol. The molecule has 6 nitrogen and oxygen atoms in total. The van der Waals surface area contributed by atoms with Crippen molar-refractivity contribution in [3.63, 3.8) is 0 Å². The van der Waals surface area contributed by atoms with E-state index in [4.69, 9.17) is 9.57 Å². The standard InChI is InChI=1S/C19H17NO5/c1-23-19(22)13-8-6-12(7-9-13)18(21)14-4-3-5-16-17(14)15(20-24-2)10-11-25-16/h3-9H,10-11H2,1-2H3/b20-15+. The van der Waals surface area contributed by atoms with Gasteiger partial charge in [0.05, 0.1) is 30.6 Å². The van der Waals surface area contributed by atoms with Gasteiger partial charge in [-0.15, -0.1) is 0 Å². The minimum atomic E-state index is -0.445. The van der Waals surface area contributed by atoms with Crippen LogP contribution in [-0.4, -0.2) is 38.3 Å². The van der Waals surface area contributed by atoms with Crippen LogP contribution >= 0.6 is 0 Å². The van der Waals surface area contributed by atoms with Crippen LogP contribution in [0.1, 0.15) is 38.3 Å². The van der Waals surface area contributed by atoms with Crippen LogP contribution < -0.4 is 4.74 Å². The van der Waals surface area contributed by atoms with Crippen LogP contribution in [0.2, 0.25) is 0 Å². The first-order chi connectivity index (χ1) is 12.2. The molecule has 0 spiro atoms. The second-order valence-electron chi connectivity index (χ2n) is 5.40. The zero-order valence-electron chi connectivity index (χ0n) is 13.9. The highest BCUT2D eigenvalue weighted by Gasteiger charge is 2.25. The van der Waals surface area contributed by atoms with E-state index in [1.165, 1.54) is 14.2 Å². The van der Waals surface area contributed by atoms with E-state index in [0.717, 1.165) is 0 Å². The van der Waals surface area contributed by atoms with Crippen molar-refractivity contribution in [3.05, 3.63) is 64.7 Å². The summed E-state index contributed by atoms with van der Waals surface area (Å²) in [6.07, 6.45) is 0.562. The number of nitrogens with zero attached hydrogens (tertiary/aromatic N) is 1. The summed E-state index contributed by atoms with van der Waals surface area (Å²) in [6, 6.07) is 11.6. The van der Waals surface area contributed by atoms with Gasteiger partial charge in [0.25, 0.3) is 0 Å². The molecule has 0 fully saturated rings. The number of hydrogen-bond donors (Lipinski definition) is 0. The fourth-order valence-electron chi connectivity index (χ4n) is 2.75. The van der Waals surface area contributed by atoms with E-state index in [-0.39, 0.29) is 5.78 Å². The smallest absolute Gasteiger partial charge is 0.337 e. The lowest BCUT2D eigenvalue weighted by atomic mass is 9.92. The Hall–Kier alpha value is -3.15. The van der Waals surface area contributed by atoms with Crippen LogP contribution in [-0.2, 0) is 9.57 Å². The minimum Gasteiger partial charge on any atom is -0.492 e. The van der Waals surface area contributed by atoms with E-state index in [0.29, 0.717) is 46.7 Å². The molecule has 1 heterocycles. The molecule has 0 saturated heterocycles. The number of benzene rings is 2. The number of carbonyl (C=O) groups is 2. The average Bonchev–Trinajstić information content (AvgIpc) is 2.67. The largest absolute Gasteiger partial charge is 0.492 e. The van der Waals surface area contributed by atoms with Crippen LogP contribution in [0.15, 0.2) is 47.6 Å². The maximum absolute atomic E-state index is 13.0. The Morgan fingerprint density at radius 1 is 1.04 bits per heavy atom. The van der Waals surface area contributed by atoms with Crippen LogP contribution in [0, 0.1) is 0 Å². The van der Waals surface area contributed by atoms with E-state index in [1.807, 2.05) is 0 Å². The topological polar surface area (TPSA) is 74.2 Å². The Kier molecular flexibility index (Phi) is 4.79. The molecule has 25 heavy (non-hydrogen) atoms. The molecule has 0 N–H and O–H groups in total. The Bertz CT molecular complexity index is 839. The number of rotatable bonds is 4. The number of ketones is 1. The summed E-state index contributed by atoms with van der Waals surface area (Å²) in [5.41, 5.74) is 2.66. The Labute approximate surface area is 145 Å². The molecular weight excluding hydrogens is 322 g/mol. The third kappa shape index (κ3) is 3.24. The van der Waals surface area contributed by atoms with Gasteiger partial charge in [0.15, 0.2) is 5.78 Å². The molecule has 2 aromatic rings. The van der Waals surface area contributed by atoms with Crippen molar-refractivity contribution < 1.29 is 23.9 Å². The molecular formula is C19H17NO5. The van der Waals surface area contributed by atoms with Crippen molar-refractivity contribution in [2.24, 2.45) is 5.16 Å². The lowest BCUT2D eigenvalue weighted by Crippen LogP contribution is -2.20. The van der Waals surface area contributed by atoms with Crippen molar-refractivity contribution in [2.75, 3.05) is 20.8 Å². The van der Waals surface area contributed by atoms with E-state index in [2.05, 4.69) is 9.89 Å². The lowest BCUT2D eigenvalue weighted by Gasteiger charge is -2.21. The van der Waals surface area contributed by atoms with Crippen molar-refractivity contribution in [1.82, 2.24) is 0 Å². The van der Waals surface area contributed by atoms with E-state index >= 15 is 0 Å². The number of methoxy groups -OCH3 is 1. The summed E-state index contributed by atoms with van der Waals surface area (Å²) in [7, 11) is 2.78. The molecule has 128 valence electrons. The van der Waals surface area contributed by atoms with Gasteiger partial charge in [-0.05, 0) is 18.2 Å². The Balaban J connectivity index is 2.01. The Morgan fingerprint density at radius 3 is 2.44 bits per heavy atom. The molecule has 0 aliphatic carbocycles. The summed E-state index contributed by atoms with van der Waals surface area (Å²) in [6.45, 7) is 0.487. The van der Waals surface area contributed by atoms with Crippen molar-refractivity contribution >= 4 is 17.5 Å². The van der Waals surface area contributed by atoms with Crippen LogP contribution in [0.5, 0.6) is 5.75 Å². The van der Waals surface area contributed by atoms with Gasteiger partial charge in [-0.25, -0.2) is 4.79 Å². The number of esters is 1. The Morgan fingerprint density at radius 2 is 1.76 bits per heavy atom. The van der Waals surface area contributed by atoms with Gasteiger partial charge in [0, 0.05) is 17.5 Å². The molecule has 0 radical (unpaired) electrons. The molecule has 0 aromatic heterocycles. The normalized spacial score (nSPS) is 14.4. The molecule has 2 aromatic carbocycles. The molecule has 0 atom stereocenters. The van der Waals surface area contributed by atoms with Crippen LogP contribution in [0.3, 0.4) is 0 Å². The number of carbonyl (C=O) groups excluding carboxylic acids is 2. The molecule has 0 bridgehead atoms. The van der Waals surface area contributed by atoms with E-state index in [9.17, 15) is 9.59 Å². The van der Waals surface area contributed by atoms with Crippen LogP contribution in [0.25, 0.3) is 0 Å². The first-order valence-corrected chi connectivity index (χ1v) is 7.75. The first-order valence-electron chi connectivity index (χ1n) is 7.75. The molecule has 0 amide bonds. The van der Waals surface area contributed by atoms with Gasteiger partial charge in [-0.3, -0.25) is 4.79 Å². The lowest BCUT2D eigenvalue weighted by molar-refractivity contribution is 0.0600. The fraction of sp³-hybridized carbons (Fsp3) is 0.211. The second kappa shape index (κ2) is 7.17. The van der Waals surface area contributed by atoms with E-state index in [1.54, 1.807) is 42.5 Å². The maximum Gasteiger partial charge on any atom is 0.337 e. The summed E-state index contributed by atoms with van der Waals surface area (Å²) >= 11 is 0. The highest BCUT2D eigenvalue weighted by Crippen LogP contribution is 2.30. The molecule has 6 heteroatoms. The molecule has 0 unspecified atom stereocenters. The fourth-order valence-corrected chi connectivity index (χ4v) is 2.75. The third-order valence-electron chi connectivity index (χ3n) is 3.93. The van der Waals surface area contributed by atoms with Gasteiger partial charge in [-0.1, -0.05) is 29.4 Å². The number of ether oxygens (including phenoxy) is 2. The van der Waals surface area contributed by atoms with E-state index < -0.39 is 5.97 Å². The van der Waals surface area contributed by atoms with Crippen molar-refractivity contribution in [1.29, 1.82) is 0 Å². The van der Waals surface area contributed by atoms with Gasteiger partial charge < -0.3 is 14.3 Å². The van der Waals surface area contributed by atoms with Crippen molar-refractivity contribution in [3.8, 4) is 5.75 Å². The summed E-state index contributed by atoms with van der Waals surface area (Å²) in [5, 5.41) is 4.03. The van der Waals surface area contributed by atoms with Gasteiger partial charge >= 0.3 is 5.97 Å². The summed E-state index contributed by atoms with van der Waals surface area (Å²) in [5.74, 6) is -0.0133.